The van der Waals surface area contributed by atoms with E-state index < -0.39 is 0 Å². The topological polar surface area (TPSA) is 22.1 Å². The summed E-state index contributed by atoms with van der Waals surface area (Å²) in [5.41, 5.74) is 0.646. The molecule has 0 atom stereocenters. The van der Waals surface area contributed by atoms with Gasteiger partial charge in [0.05, 0.1) is 18.7 Å². The SMILES string of the molecule is COc1ccnc(CCl)c1Cl.Cl. The van der Waals surface area contributed by atoms with Gasteiger partial charge in [-0.1, -0.05) is 11.6 Å². The average Bonchev–Trinajstić information content (AvgIpc) is 2.05. The van der Waals surface area contributed by atoms with Gasteiger partial charge in [-0.05, 0) is 0 Å². The minimum Gasteiger partial charge on any atom is -0.495 e. The zero-order valence-electron chi connectivity index (χ0n) is 6.38. The van der Waals surface area contributed by atoms with Crippen molar-refractivity contribution < 1.29 is 4.74 Å². The molecule has 1 aromatic heterocycles. The van der Waals surface area contributed by atoms with Crippen LogP contribution in [-0.2, 0) is 5.88 Å². The van der Waals surface area contributed by atoms with E-state index in [2.05, 4.69) is 4.98 Å². The predicted octanol–water partition coefficient (Wildman–Crippen LogP) is 2.90. The number of aromatic nitrogens is 1. The van der Waals surface area contributed by atoms with Gasteiger partial charge in [-0.3, -0.25) is 4.98 Å². The van der Waals surface area contributed by atoms with Crippen molar-refractivity contribution in [2.75, 3.05) is 7.11 Å². The van der Waals surface area contributed by atoms with E-state index in [4.69, 9.17) is 27.9 Å². The summed E-state index contributed by atoms with van der Waals surface area (Å²) >= 11 is 11.4. The fourth-order valence-electron chi connectivity index (χ4n) is 0.718. The number of ether oxygens (including phenoxy) is 1. The number of halogens is 3. The summed E-state index contributed by atoms with van der Waals surface area (Å²) in [6.07, 6.45) is 1.61. The summed E-state index contributed by atoms with van der Waals surface area (Å²) in [4.78, 5) is 3.96. The molecule has 0 aliphatic heterocycles. The molecule has 0 N–H and O–H groups in total. The van der Waals surface area contributed by atoms with Crippen molar-refractivity contribution in [1.29, 1.82) is 0 Å². The molecule has 0 amide bonds. The monoisotopic (exact) mass is 227 g/mol. The number of alkyl halides is 1. The fourth-order valence-corrected chi connectivity index (χ4v) is 1.24. The Hall–Kier alpha value is -0.180. The Morgan fingerprint density at radius 2 is 2.25 bits per heavy atom. The first-order chi connectivity index (χ1) is 5.29. The number of nitrogens with zero attached hydrogens (tertiary/aromatic N) is 1. The third-order valence-corrected chi connectivity index (χ3v) is 1.93. The Bertz CT molecular complexity index is 232. The van der Waals surface area contributed by atoms with Crippen molar-refractivity contribution in [2.45, 2.75) is 5.88 Å². The van der Waals surface area contributed by atoms with Crippen LogP contribution in [0.2, 0.25) is 5.02 Å². The third-order valence-electron chi connectivity index (χ3n) is 1.27. The van der Waals surface area contributed by atoms with Crippen molar-refractivity contribution in [3.8, 4) is 5.75 Å². The van der Waals surface area contributed by atoms with Crippen molar-refractivity contribution in [2.24, 2.45) is 0 Å². The molecule has 0 saturated heterocycles. The molecule has 0 aliphatic carbocycles. The van der Waals surface area contributed by atoms with E-state index in [0.29, 0.717) is 22.3 Å². The Kier molecular flexibility index (Phi) is 5.38. The first kappa shape index (κ1) is 11.8. The van der Waals surface area contributed by atoms with Crippen molar-refractivity contribution in [3.63, 3.8) is 0 Å². The van der Waals surface area contributed by atoms with Crippen LogP contribution in [0.5, 0.6) is 5.75 Å². The van der Waals surface area contributed by atoms with Crippen LogP contribution in [0, 0.1) is 0 Å². The lowest BCUT2D eigenvalue weighted by Crippen LogP contribution is -1.90. The largest absolute Gasteiger partial charge is 0.495 e. The van der Waals surface area contributed by atoms with Crippen LogP contribution in [0.3, 0.4) is 0 Å². The van der Waals surface area contributed by atoms with Crippen molar-refractivity contribution in [1.82, 2.24) is 4.98 Å². The van der Waals surface area contributed by atoms with E-state index in [9.17, 15) is 0 Å². The van der Waals surface area contributed by atoms with Crippen LogP contribution in [0.25, 0.3) is 0 Å². The minimum absolute atomic E-state index is 0. The highest BCUT2D eigenvalue weighted by Crippen LogP contribution is 2.26. The Morgan fingerprint density at radius 1 is 1.58 bits per heavy atom. The second kappa shape index (κ2) is 5.46. The molecule has 1 rings (SSSR count). The summed E-state index contributed by atoms with van der Waals surface area (Å²) < 4.78 is 4.96. The minimum atomic E-state index is 0. The highest BCUT2D eigenvalue weighted by atomic mass is 35.5. The maximum Gasteiger partial charge on any atom is 0.140 e. The van der Waals surface area contributed by atoms with Crippen molar-refractivity contribution >= 4 is 35.6 Å². The van der Waals surface area contributed by atoms with Crippen LogP contribution < -0.4 is 4.74 Å². The van der Waals surface area contributed by atoms with E-state index in [1.807, 2.05) is 0 Å². The van der Waals surface area contributed by atoms with E-state index in [1.165, 1.54) is 0 Å². The van der Waals surface area contributed by atoms with E-state index in [0.717, 1.165) is 0 Å². The molecule has 0 fully saturated rings. The molecule has 0 unspecified atom stereocenters. The summed E-state index contributed by atoms with van der Waals surface area (Å²) in [5, 5.41) is 0.491. The van der Waals surface area contributed by atoms with Gasteiger partial charge < -0.3 is 4.74 Å². The first-order valence-electron chi connectivity index (χ1n) is 3.03. The number of pyridine rings is 1. The molecule has 0 spiro atoms. The quantitative estimate of drug-likeness (QED) is 0.726. The molecule has 12 heavy (non-hydrogen) atoms. The Morgan fingerprint density at radius 3 is 2.75 bits per heavy atom. The lowest BCUT2D eigenvalue weighted by Gasteiger charge is -2.03. The summed E-state index contributed by atoms with van der Waals surface area (Å²) in [5.74, 6) is 0.910. The lowest BCUT2D eigenvalue weighted by atomic mass is 10.3. The zero-order chi connectivity index (χ0) is 8.27. The van der Waals surface area contributed by atoms with Gasteiger partial charge in [-0.15, -0.1) is 24.0 Å². The molecule has 2 nitrogen and oxygen atoms in total. The molecule has 0 aromatic carbocycles. The van der Waals surface area contributed by atoms with Crippen LogP contribution >= 0.6 is 35.6 Å². The van der Waals surface area contributed by atoms with Gasteiger partial charge in [0.15, 0.2) is 0 Å². The number of hydrogen-bond donors (Lipinski definition) is 0. The van der Waals surface area contributed by atoms with E-state index in [1.54, 1.807) is 19.4 Å². The first-order valence-corrected chi connectivity index (χ1v) is 3.94. The number of rotatable bonds is 2. The standard InChI is InChI=1S/C7H7Cl2NO.ClH/c1-11-6-2-3-10-5(4-8)7(6)9;/h2-3H,4H2,1H3;1H. The summed E-state index contributed by atoms with van der Waals surface area (Å²) in [6, 6.07) is 1.69. The summed E-state index contributed by atoms with van der Waals surface area (Å²) in [6.45, 7) is 0. The normalized spacial score (nSPS) is 8.92. The van der Waals surface area contributed by atoms with Gasteiger partial charge in [-0.2, -0.15) is 0 Å². The molecular formula is C7H8Cl3NO. The third kappa shape index (κ3) is 2.41. The molecule has 0 bridgehead atoms. The molecule has 0 saturated carbocycles. The van der Waals surface area contributed by atoms with Gasteiger partial charge >= 0.3 is 0 Å². The Balaban J connectivity index is 0.00000121. The molecule has 68 valence electrons. The van der Waals surface area contributed by atoms with E-state index in [-0.39, 0.29) is 12.4 Å². The van der Waals surface area contributed by atoms with Crippen LogP contribution in [-0.4, -0.2) is 12.1 Å². The zero-order valence-corrected chi connectivity index (χ0v) is 8.71. The maximum absolute atomic E-state index is 5.84. The molecular weight excluding hydrogens is 220 g/mol. The van der Waals surface area contributed by atoms with Crippen molar-refractivity contribution in [3.05, 3.63) is 23.0 Å². The smallest absolute Gasteiger partial charge is 0.140 e. The molecule has 1 aromatic rings. The molecule has 1 heterocycles. The molecule has 5 heteroatoms. The molecule has 0 radical (unpaired) electrons. The van der Waals surface area contributed by atoms with Gasteiger partial charge in [-0.25, -0.2) is 0 Å². The second-order valence-electron chi connectivity index (χ2n) is 1.91. The van der Waals surface area contributed by atoms with Crippen LogP contribution in [0.1, 0.15) is 5.69 Å². The Labute approximate surface area is 87.3 Å². The van der Waals surface area contributed by atoms with Gasteiger partial charge in [0.2, 0.25) is 0 Å². The average molecular weight is 229 g/mol. The fraction of sp³-hybridized carbons (Fsp3) is 0.286. The van der Waals surface area contributed by atoms with Crippen LogP contribution in [0.4, 0.5) is 0 Å². The highest BCUT2D eigenvalue weighted by molar-refractivity contribution is 6.33. The van der Waals surface area contributed by atoms with Crippen LogP contribution in [0.15, 0.2) is 12.3 Å². The summed E-state index contributed by atoms with van der Waals surface area (Å²) in [7, 11) is 1.55. The van der Waals surface area contributed by atoms with Gasteiger partial charge in [0.25, 0.3) is 0 Å². The van der Waals surface area contributed by atoms with Gasteiger partial charge in [0, 0.05) is 12.3 Å². The lowest BCUT2D eigenvalue weighted by molar-refractivity contribution is 0.414. The maximum atomic E-state index is 5.84. The van der Waals surface area contributed by atoms with E-state index >= 15 is 0 Å². The second-order valence-corrected chi connectivity index (χ2v) is 2.55. The van der Waals surface area contributed by atoms with Gasteiger partial charge in [0.1, 0.15) is 10.8 Å². The number of methoxy groups -OCH3 is 1. The predicted molar refractivity (Wildman–Crippen MR) is 52.6 cm³/mol. The highest BCUT2D eigenvalue weighted by Gasteiger charge is 2.05. The number of hydrogen-bond acceptors (Lipinski definition) is 2. The molecule has 0 aliphatic rings.